The number of rotatable bonds is 5. The molecule has 1 aromatic rings. The highest BCUT2D eigenvalue weighted by Crippen LogP contribution is 2.17. The molecule has 8 heteroatoms. The van der Waals surface area contributed by atoms with Crippen molar-refractivity contribution in [2.75, 3.05) is 26.2 Å². The van der Waals surface area contributed by atoms with Crippen LogP contribution in [-0.2, 0) is 4.79 Å². The molecule has 0 radical (unpaired) electrons. The molecule has 1 aliphatic heterocycles. The van der Waals surface area contributed by atoms with Crippen molar-refractivity contribution in [1.82, 2.24) is 15.5 Å². The summed E-state index contributed by atoms with van der Waals surface area (Å²) in [4.78, 5) is 36.4. The van der Waals surface area contributed by atoms with Gasteiger partial charge in [0.2, 0.25) is 0 Å². The molecule has 0 bridgehead atoms. The summed E-state index contributed by atoms with van der Waals surface area (Å²) in [6, 6.07) is 6.49. The number of carbonyl (C=O) groups is 3. The lowest BCUT2D eigenvalue weighted by Crippen LogP contribution is -2.47. The molecule has 1 heterocycles. The van der Waals surface area contributed by atoms with Crippen LogP contribution in [0.4, 0.5) is 4.79 Å². The monoisotopic (exact) mass is 353 g/mol. The molecule has 0 atom stereocenters. The Bertz CT molecular complexity index is 615. The highest BCUT2D eigenvalue weighted by Gasteiger charge is 2.26. The Morgan fingerprint density at radius 2 is 1.75 bits per heavy atom. The molecule has 1 saturated heterocycles. The van der Waals surface area contributed by atoms with Crippen molar-refractivity contribution in [3.05, 3.63) is 34.9 Å². The van der Waals surface area contributed by atoms with Gasteiger partial charge < -0.3 is 20.6 Å². The molecule has 1 aliphatic rings. The van der Waals surface area contributed by atoms with Crippen LogP contribution in [0.5, 0.6) is 0 Å². The molecule has 0 aliphatic carbocycles. The van der Waals surface area contributed by atoms with E-state index >= 15 is 0 Å². The largest absolute Gasteiger partial charge is 0.481 e. The normalized spacial score (nSPS) is 15.0. The zero-order chi connectivity index (χ0) is 17.5. The van der Waals surface area contributed by atoms with Crippen LogP contribution in [0, 0.1) is 5.92 Å². The van der Waals surface area contributed by atoms with Crippen LogP contribution in [0.1, 0.15) is 23.2 Å². The average molecular weight is 354 g/mol. The molecule has 1 aromatic carbocycles. The van der Waals surface area contributed by atoms with Crippen LogP contribution in [0.25, 0.3) is 0 Å². The van der Waals surface area contributed by atoms with Crippen molar-refractivity contribution in [3.8, 4) is 0 Å². The Morgan fingerprint density at radius 1 is 1.12 bits per heavy atom. The maximum Gasteiger partial charge on any atom is 0.317 e. The molecule has 1 fully saturated rings. The molecular formula is C16H20ClN3O4. The van der Waals surface area contributed by atoms with Crippen LogP contribution in [0.15, 0.2) is 24.3 Å². The lowest BCUT2D eigenvalue weighted by Gasteiger charge is -2.30. The first-order valence-electron chi connectivity index (χ1n) is 7.77. The number of carboxylic acids is 1. The Balaban J connectivity index is 1.67. The average Bonchev–Trinajstić information content (AvgIpc) is 2.58. The molecule has 0 aromatic heterocycles. The summed E-state index contributed by atoms with van der Waals surface area (Å²) in [5.41, 5.74) is 0.390. The van der Waals surface area contributed by atoms with Gasteiger partial charge in [-0.2, -0.15) is 0 Å². The summed E-state index contributed by atoms with van der Waals surface area (Å²) in [6.07, 6.45) is 0.929. The second kappa shape index (κ2) is 8.54. The highest BCUT2D eigenvalue weighted by atomic mass is 35.5. The van der Waals surface area contributed by atoms with Crippen molar-refractivity contribution in [2.45, 2.75) is 12.8 Å². The number of aliphatic carboxylic acids is 1. The Labute approximate surface area is 145 Å². The van der Waals surface area contributed by atoms with Gasteiger partial charge in [-0.05, 0) is 25.0 Å². The topological polar surface area (TPSA) is 98.7 Å². The van der Waals surface area contributed by atoms with E-state index in [0.717, 1.165) is 0 Å². The summed E-state index contributed by atoms with van der Waals surface area (Å²) in [7, 11) is 0. The minimum atomic E-state index is -0.808. The number of carboxylic acid groups (broad SMARTS) is 1. The SMILES string of the molecule is O=C(NCCNC(=O)N1CCC(C(=O)O)CC1)c1ccccc1Cl. The van der Waals surface area contributed by atoms with E-state index in [1.165, 1.54) is 0 Å². The molecule has 0 spiro atoms. The Kier molecular flexibility index (Phi) is 6.43. The number of piperidine rings is 1. The Morgan fingerprint density at radius 3 is 2.38 bits per heavy atom. The van der Waals surface area contributed by atoms with E-state index in [0.29, 0.717) is 36.5 Å². The van der Waals surface area contributed by atoms with Gasteiger partial charge in [0.05, 0.1) is 16.5 Å². The molecule has 130 valence electrons. The maximum atomic E-state index is 12.0. The van der Waals surface area contributed by atoms with E-state index < -0.39 is 5.97 Å². The van der Waals surface area contributed by atoms with E-state index in [1.54, 1.807) is 29.2 Å². The number of urea groups is 1. The van der Waals surface area contributed by atoms with Crippen molar-refractivity contribution in [1.29, 1.82) is 0 Å². The van der Waals surface area contributed by atoms with Crippen LogP contribution in [-0.4, -0.2) is 54.1 Å². The van der Waals surface area contributed by atoms with Gasteiger partial charge in [-0.3, -0.25) is 9.59 Å². The van der Waals surface area contributed by atoms with Crippen LogP contribution < -0.4 is 10.6 Å². The molecule has 0 saturated carbocycles. The van der Waals surface area contributed by atoms with Gasteiger partial charge in [0.25, 0.3) is 5.91 Å². The van der Waals surface area contributed by atoms with Gasteiger partial charge >= 0.3 is 12.0 Å². The van der Waals surface area contributed by atoms with E-state index in [-0.39, 0.29) is 30.9 Å². The summed E-state index contributed by atoms with van der Waals surface area (Å²) >= 11 is 5.94. The molecule has 3 N–H and O–H groups in total. The third kappa shape index (κ3) is 4.86. The van der Waals surface area contributed by atoms with Crippen LogP contribution >= 0.6 is 11.6 Å². The minimum Gasteiger partial charge on any atom is -0.481 e. The second-order valence-electron chi connectivity index (χ2n) is 5.57. The summed E-state index contributed by atoms with van der Waals surface area (Å²) in [5.74, 6) is -1.47. The summed E-state index contributed by atoms with van der Waals surface area (Å²) < 4.78 is 0. The third-order valence-corrected chi connectivity index (χ3v) is 4.27. The fourth-order valence-electron chi connectivity index (χ4n) is 2.53. The maximum absolute atomic E-state index is 12.0. The number of nitrogens with one attached hydrogen (secondary N) is 2. The lowest BCUT2D eigenvalue weighted by molar-refractivity contribution is -0.143. The summed E-state index contributed by atoms with van der Waals surface area (Å²) in [6.45, 7) is 1.42. The molecule has 0 unspecified atom stereocenters. The minimum absolute atomic E-state index is 0.245. The first-order chi connectivity index (χ1) is 11.5. The van der Waals surface area contributed by atoms with Crippen molar-refractivity contribution < 1.29 is 19.5 Å². The number of benzene rings is 1. The first-order valence-corrected chi connectivity index (χ1v) is 8.15. The van der Waals surface area contributed by atoms with Crippen LogP contribution in [0.2, 0.25) is 5.02 Å². The fraction of sp³-hybridized carbons (Fsp3) is 0.438. The number of nitrogens with zero attached hydrogens (tertiary/aromatic N) is 1. The lowest BCUT2D eigenvalue weighted by atomic mass is 9.97. The van der Waals surface area contributed by atoms with Gasteiger partial charge in [0.1, 0.15) is 0 Å². The number of amides is 3. The number of carbonyl (C=O) groups excluding carboxylic acids is 2. The van der Waals surface area contributed by atoms with Crippen molar-refractivity contribution >= 4 is 29.5 Å². The van der Waals surface area contributed by atoms with Gasteiger partial charge in [0, 0.05) is 26.2 Å². The van der Waals surface area contributed by atoms with E-state index in [9.17, 15) is 14.4 Å². The zero-order valence-electron chi connectivity index (χ0n) is 13.1. The van der Waals surface area contributed by atoms with Crippen LogP contribution in [0.3, 0.4) is 0 Å². The first kappa shape index (κ1) is 18.1. The molecule has 2 rings (SSSR count). The van der Waals surface area contributed by atoms with Crippen molar-refractivity contribution in [2.24, 2.45) is 5.92 Å². The second-order valence-corrected chi connectivity index (χ2v) is 5.97. The number of likely N-dealkylation sites (tertiary alicyclic amines) is 1. The number of hydrogen-bond donors (Lipinski definition) is 3. The number of halogens is 1. The van der Waals surface area contributed by atoms with Gasteiger partial charge in [0.15, 0.2) is 0 Å². The fourth-order valence-corrected chi connectivity index (χ4v) is 2.75. The van der Waals surface area contributed by atoms with Gasteiger partial charge in [-0.1, -0.05) is 23.7 Å². The molecular weight excluding hydrogens is 334 g/mol. The Hall–Kier alpha value is -2.28. The molecule has 24 heavy (non-hydrogen) atoms. The predicted molar refractivity (Wildman–Crippen MR) is 89.1 cm³/mol. The van der Waals surface area contributed by atoms with Gasteiger partial charge in [-0.15, -0.1) is 0 Å². The third-order valence-electron chi connectivity index (χ3n) is 3.94. The predicted octanol–water partition coefficient (Wildman–Crippen LogP) is 1.58. The zero-order valence-corrected chi connectivity index (χ0v) is 13.9. The standard InChI is InChI=1S/C16H20ClN3O4/c17-13-4-2-1-3-12(13)14(21)18-7-8-19-16(24)20-9-5-11(6-10-20)15(22)23/h1-4,11H,5-10H2,(H,18,21)(H,19,24)(H,22,23). The smallest absolute Gasteiger partial charge is 0.317 e. The number of hydrogen-bond acceptors (Lipinski definition) is 3. The van der Waals surface area contributed by atoms with E-state index in [4.69, 9.17) is 16.7 Å². The quantitative estimate of drug-likeness (QED) is 0.700. The highest BCUT2D eigenvalue weighted by molar-refractivity contribution is 6.33. The van der Waals surface area contributed by atoms with E-state index in [1.807, 2.05) is 0 Å². The molecule has 7 nitrogen and oxygen atoms in total. The van der Waals surface area contributed by atoms with Crippen molar-refractivity contribution in [3.63, 3.8) is 0 Å². The molecule has 3 amide bonds. The van der Waals surface area contributed by atoms with E-state index in [2.05, 4.69) is 10.6 Å². The van der Waals surface area contributed by atoms with Gasteiger partial charge in [-0.25, -0.2) is 4.79 Å². The summed E-state index contributed by atoms with van der Waals surface area (Å²) in [5, 5.41) is 14.7.